The van der Waals surface area contributed by atoms with Gasteiger partial charge in [0.25, 0.3) is 0 Å². The molecule has 5 nitrogen and oxygen atoms in total. The van der Waals surface area contributed by atoms with Crippen LogP contribution < -0.4 is 0 Å². The van der Waals surface area contributed by atoms with Crippen LogP contribution in [-0.4, -0.2) is 24.5 Å². The summed E-state index contributed by atoms with van der Waals surface area (Å²) in [5.74, 6) is 1.73. The first-order valence-electron chi connectivity index (χ1n) is 20.1. The zero-order valence-electron chi connectivity index (χ0n) is 32.4. The van der Waals surface area contributed by atoms with Crippen molar-refractivity contribution in [1.29, 1.82) is 0 Å². The maximum absolute atomic E-state index is 5.34. The van der Waals surface area contributed by atoms with Crippen molar-refractivity contribution in [3.63, 3.8) is 0 Å². The summed E-state index contributed by atoms with van der Waals surface area (Å²) in [6, 6.07) is 68.1. The summed E-state index contributed by atoms with van der Waals surface area (Å²) in [6.07, 6.45) is 0.809. The molecule has 3 aromatic heterocycles. The Balaban J connectivity index is 1.00. The van der Waals surface area contributed by atoms with E-state index in [0.29, 0.717) is 5.82 Å². The van der Waals surface area contributed by atoms with Gasteiger partial charge in [-0.1, -0.05) is 165 Å². The molecule has 11 rings (SSSR count). The molecule has 0 aliphatic rings. The van der Waals surface area contributed by atoms with Gasteiger partial charge >= 0.3 is 0 Å². The Labute approximate surface area is 342 Å². The van der Waals surface area contributed by atoms with Gasteiger partial charge in [-0.2, -0.15) is 0 Å². The Morgan fingerprint density at radius 1 is 0.390 bits per heavy atom. The van der Waals surface area contributed by atoms with E-state index in [-0.39, 0.29) is 0 Å². The van der Waals surface area contributed by atoms with Crippen LogP contribution in [0.15, 0.2) is 194 Å². The van der Waals surface area contributed by atoms with Gasteiger partial charge in [0.1, 0.15) is 5.82 Å². The minimum absolute atomic E-state index is 0.706. The van der Waals surface area contributed by atoms with Crippen molar-refractivity contribution in [3.05, 3.63) is 200 Å². The van der Waals surface area contributed by atoms with Gasteiger partial charge in [0.15, 0.2) is 5.82 Å². The van der Waals surface area contributed by atoms with E-state index in [4.69, 9.17) is 19.9 Å². The van der Waals surface area contributed by atoms with Gasteiger partial charge in [-0.25, -0.2) is 19.9 Å². The first-order chi connectivity index (χ1) is 29.2. The number of benzene rings is 8. The molecule has 0 amide bonds. The number of hydrogen-bond acceptors (Lipinski definition) is 4. The second-order valence-corrected chi connectivity index (χ2v) is 14.9. The maximum Gasteiger partial charge on any atom is 0.160 e. The molecule has 0 spiro atoms. The van der Waals surface area contributed by atoms with Crippen molar-refractivity contribution < 1.29 is 0 Å². The lowest BCUT2D eigenvalue weighted by molar-refractivity contribution is 0.908. The van der Waals surface area contributed by atoms with Crippen LogP contribution in [0.2, 0.25) is 0 Å². The van der Waals surface area contributed by atoms with E-state index in [2.05, 4.69) is 193 Å². The first kappa shape index (κ1) is 34.5. The molecule has 0 saturated heterocycles. The average Bonchev–Trinajstić information content (AvgIpc) is 3.71. The molecular formula is C54H37N5. The lowest BCUT2D eigenvalue weighted by Crippen LogP contribution is -1.99. The van der Waals surface area contributed by atoms with E-state index in [9.17, 15) is 0 Å². The van der Waals surface area contributed by atoms with Crippen molar-refractivity contribution in [2.75, 3.05) is 0 Å². The molecule has 5 heteroatoms. The van der Waals surface area contributed by atoms with Crippen molar-refractivity contribution in [3.8, 4) is 61.8 Å². The van der Waals surface area contributed by atoms with E-state index in [0.717, 1.165) is 106 Å². The lowest BCUT2D eigenvalue weighted by Gasteiger charge is -2.13. The number of hydrogen-bond donors (Lipinski definition) is 0. The van der Waals surface area contributed by atoms with Crippen molar-refractivity contribution in [1.82, 2.24) is 24.5 Å². The molecule has 3 heterocycles. The molecule has 0 fully saturated rings. The Bertz CT molecular complexity index is 3330. The van der Waals surface area contributed by atoms with Crippen molar-refractivity contribution >= 4 is 43.6 Å². The fraction of sp³-hybridized carbons (Fsp3) is 0.0370. The SMILES string of the molecule is CCc1nc2c3c(-c4ccc(-c5cccc(-c6nc(-c7ccc(-c8ccccc8)cc7)nc7ccccc67)c5)cc4)nc4ccccc4c3ccc2n1-c1ccccc1. The van der Waals surface area contributed by atoms with Gasteiger partial charge in [0, 0.05) is 45.0 Å². The second-order valence-electron chi connectivity index (χ2n) is 14.9. The van der Waals surface area contributed by atoms with Gasteiger partial charge in [-0.05, 0) is 64.0 Å². The summed E-state index contributed by atoms with van der Waals surface area (Å²) in [5, 5.41) is 4.37. The standard InChI is InChI=1S/C54H37N5/c1-2-49-57-53-48(59(49)42-18-7-4-8-19-42)33-32-44-43-20-9-11-22-46(43)55-52(50(44)53)38-28-24-37(25-29-38)40-16-13-17-41(34-40)51-45-21-10-12-23-47(45)56-54(58-51)39-30-26-36(27-31-39)35-14-5-3-6-15-35/h3-34H,2H2,1H3. The van der Waals surface area contributed by atoms with E-state index in [1.807, 2.05) is 12.1 Å². The maximum atomic E-state index is 5.34. The number of fused-ring (bicyclic) bond motifs is 6. The predicted octanol–water partition coefficient (Wildman–Crippen LogP) is 13.6. The van der Waals surface area contributed by atoms with Crippen molar-refractivity contribution in [2.45, 2.75) is 13.3 Å². The van der Waals surface area contributed by atoms with Crippen LogP contribution in [0.3, 0.4) is 0 Å². The topological polar surface area (TPSA) is 56.5 Å². The number of nitrogens with zero attached hydrogens (tertiary/aromatic N) is 5. The normalized spacial score (nSPS) is 11.5. The second kappa shape index (κ2) is 14.3. The first-order valence-corrected chi connectivity index (χ1v) is 20.1. The van der Waals surface area contributed by atoms with E-state index in [1.54, 1.807) is 0 Å². The van der Waals surface area contributed by atoms with Crippen molar-refractivity contribution in [2.24, 2.45) is 0 Å². The number of pyridine rings is 1. The summed E-state index contributed by atoms with van der Waals surface area (Å²) in [6.45, 7) is 2.17. The number of aryl methyl sites for hydroxylation is 1. The highest BCUT2D eigenvalue weighted by Crippen LogP contribution is 2.39. The molecule has 0 saturated carbocycles. The van der Waals surface area contributed by atoms with Gasteiger partial charge in [-0.15, -0.1) is 0 Å². The molecule has 0 unspecified atom stereocenters. The summed E-state index contributed by atoms with van der Waals surface area (Å²) in [7, 11) is 0. The fourth-order valence-electron chi connectivity index (χ4n) is 8.48. The minimum atomic E-state index is 0.706. The van der Waals surface area contributed by atoms with E-state index < -0.39 is 0 Å². The van der Waals surface area contributed by atoms with Crippen LogP contribution in [0.1, 0.15) is 12.7 Å². The van der Waals surface area contributed by atoms with Crippen LogP contribution in [-0.2, 0) is 6.42 Å². The molecule has 0 radical (unpaired) electrons. The quantitative estimate of drug-likeness (QED) is 0.152. The Morgan fingerprint density at radius 2 is 0.966 bits per heavy atom. The summed E-state index contributed by atoms with van der Waals surface area (Å²) in [4.78, 5) is 20.9. The number of imidazole rings is 1. The molecule has 0 N–H and O–H groups in total. The van der Waals surface area contributed by atoms with E-state index >= 15 is 0 Å². The molecule has 278 valence electrons. The smallest absolute Gasteiger partial charge is 0.160 e. The fourth-order valence-corrected chi connectivity index (χ4v) is 8.48. The highest BCUT2D eigenvalue weighted by Gasteiger charge is 2.20. The third-order valence-electron chi connectivity index (χ3n) is 11.4. The molecule has 8 aromatic carbocycles. The van der Waals surface area contributed by atoms with Gasteiger partial charge in [-0.3, -0.25) is 4.57 Å². The Kier molecular flexibility index (Phi) is 8.37. The molecule has 0 atom stereocenters. The van der Waals surface area contributed by atoms with Crippen LogP contribution in [0.5, 0.6) is 0 Å². The Hall–Kier alpha value is -7.76. The number of rotatable bonds is 7. The lowest BCUT2D eigenvalue weighted by atomic mass is 9.96. The van der Waals surface area contributed by atoms with Crippen LogP contribution >= 0.6 is 0 Å². The van der Waals surface area contributed by atoms with Crippen LogP contribution in [0.25, 0.3) is 105 Å². The summed E-state index contributed by atoms with van der Waals surface area (Å²) < 4.78 is 2.29. The monoisotopic (exact) mass is 755 g/mol. The van der Waals surface area contributed by atoms with E-state index in [1.165, 1.54) is 5.56 Å². The summed E-state index contributed by atoms with van der Waals surface area (Å²) >= 11 is 0. The molecular weight excluding hydrogens is 719 g/mol. The van der Waals surface area contributed by atoms with Crippen LogP contribution in [0, 0.1) is 0 Å². The Morgan fingerprint density at radius 3 is 1.71 bits per heavy atom. The molecule has 59 heavy (non-hydrogen) atoms. The molecule has 0 aliphatic carbocycles. The highest BCUT2D eigenvalue weighted by atomic mass is 15.1. The molecule has 0 bridgehead atoms. The van der Waals surface area contributed by atoms with Crippen LogP contribution in [0.4, 0.5) is 0 Å². The third-order valence-corrected chi connectivity index (χ3v) is 11.4. The zero-order chi connectivity index (χ0) is 39.3. The largest absolute Gasteiger partial charge is 0.296 e. The molecule has 0 aliphatic heterocycles. The minimum Gasteiger partial charge on any atom is -0.296 e. The predicted molar refractivity (Wildman–Crippen MR) is 244 cm³/mol. The van der Waals surface area contributed by atoms with Gasteiger partial charge < -0.3 is 0 Å². The zero-order valence-corrected chi connectivity index (χ0v) is 32.4. The van der Waals surface area contributed by atoms with Gasteiger partial charge in [0.2, 0.25) is 0 Å². The highest BCUT2D eigenvalue weighted by molar-refractivity contribution is 6.20. The number of para-hydroxylation sites is 3. The average molecular weight is 756 g/mol. The van der Waals surface area contributed by atoms with Gasteiger partial charge in [0.05, 0.1) is 33.5 Å². The molecule has 11 aromatic rings. The number of aromatic nitrogens is 5. The summed E-state index contributed by atoms with van der Waals surface area (Å²) in [5.41, 5.74) is 14.5. The third kappa shape index (κ3) is 6.03.